The Morgan fingerprint density at radius 2 is 2.22 bits per heavy atom. The lowest BCUT2D eigenvalue weighted by Gasteiger charge is -2.12. The molecule has 1 amide bonds. The van der Waals surface area contributed by atoms with Gasteiger partial charge in [-0.1, -0.05) is 23.7 Å². The van der Waals surface area contributed by atoms with Gasteiger partial charge in [-0.3, -0.25) is 9.59 Å². The van der Waals surface area contributed by atoms with Crippen LogP contribution in [0.1, 0.15) is 5.56 Å². The number of likely N-dealkylation sites (N-methyl/N-ethyl adjacent to an activating group) is 1. The Hall–Kier alpha value is -2.54. The molecule has 0 aliphatic carbocycles. The molecule has 1 heterocycles. The fraction of sp³-hybridized carbons (Fsp3) is 0.267. The van der Waals surface area contributed by atoms with Gasteiger partial charge in [0.2, 0.25) is 0 Å². The molecule has 0 aliphatic rings. The summed E-state index contributed by atoms with van der Waals surface area (Å²) in [6, 6.07) is 7.30. The van der Waals surface area contributed by atoms with Crippen LogP contribution in [0.15, 0.2) is 35.3 Å². The van der Waals surface area contributed by atoms with Crippen LogP contribution < -0.4 is 15.6 Å². The maximum absolute atomic E-state index is 11.5. The van der Waals surface area contributed by atoms with Gasteiger partial charge in [0.1, 0.15) is 10.8 Å². The molecule has 1 aromatic heterocycles. The van der Waals surface area contributed by atoms with E-state index in [4.69, 9.17) is 16.3 Å². The summed E-state index contributed by atoms with van der Waals surface area (Å²) < 4.78 is 5.45. The van der Waals surface area contributed by atoms with E-state index in [0.717, 1.165) is 5.56 Å². The Balaban J connectivity index is 1.98. The van der Waals surface area contributed by atoms with Crippen molar-refractivity contribution < 1.29 is 9.53 Å². The van der Waals surface area contributed by atoms with Gasteiger partial charge in [0.05, 0.1) is 11.9 Å². The van der Waals surface area contributed by atoms with Crippen molar-refractivity contribution in [1.82, 2.24) is 15.1 Å². The minimum absolute atomic E-state index is 0.0201. The van der Waals surface area contributed by atoms with Crippen LogP contribution in [0.5, 0.6) is 5.75 Å². The summed E-state index contributed by atoms with van der Waals surface area (Å²) in [5.74, 6) is 0.476. The van der Waals surface area contributed by atoms with Gasteiger partial charge in [-0.05, 0) is 17.7 Å². The number of aromatic amines is 1. The van der Waals surface area contributed by atoms with Gasteiger partial charge in [-0.2, -0.15) is 5.10 Å². The zero-order chi connectivity index (χ0) is 16.8. The number of carbonyl (C=O) groups is 1. The molecule has 0 bridgehead atoms. The number of amides is 1. The molecular weight excluding hydrogens is 320 g/mol. The number of halogens is 1. The lowest BCUT2D eigenvalue weighted by molar-refractivity contribution is -0.130. The fourth-order valence-electron chi connectivity index (χ4n) is 1.72. The average molecular weight is 337 g/mol. The summed E-state index contributed by atoms with van der Waals surface area (Å²) in [4.78, 5) is 24.3. The van der Waals surface area contributed by atoms with Crippen molar-refractivity contribution >= 4 is 23.2 Å². The molecule has 0 aliphatic heterocycles. The van der Waals surface area contributed by atoms with Crippen molar-refractivity contribution in [3.05, 3.63) is 51.4 Å². The van der Waals surface area contributed by atoms with Gasteiger partial charge < -0.3 is 15.0 Å². The molecule has 122 valence electrons. The predicted octanol–water partition coefficient (Wildman–Crippen LogP) is 1.50. The number of anilines is 1. The number of hydrogen-bond acceptors (Lipinski definition) is 5. The normalized spacial score (nSPS) is 10.2. The highest BCUT2D eigenvalue weighted by atomic mass is 35.5. The zero-order valence-corrected chi connectivity index (χ0v) is 13.6. The van der Waals surface area contributed by atoms with Crippen LogP contribution in [0.4, 0.5) is 5.69 Å². The highest BCUT2D eigenvalue weighted by Crippen LogP contribution is 2.18. The van der Waals surface area contributed by atoms with Gasteiger partial charge in [0.15, 0.2) is 6.61 Å². The van der Waals surface area contributed by atoms with Crippen molar-refractivity contribution in [2.24, 2.45) is 0 Å². The van der Waals surface area contributed by atoms with Crippen molar-refractivity contribution in [2.45, 2.75) is 6.54 Å². The van der Waals surface area contributed by atoms with Gasteiger partial charge in [-0.15, -0.1) is 0 Å². The third kappa shape index (κ3) is 4.72. The second-order valence-corrected chi connectivity index (χ2v) is 5.38. The molecule has 7 nitrogen and oxygen atoms in total. The second kappa shape index (κ2) is 7.64. The standard InChI is InChI=1S/C15H17ClN4O3/c1-20(2)13(21)9-23-11-5-3-4-10(6-11)7-17-12-8-18-19-15(22)14(12)16/h3-6,8H,7,9H2,1-2H3,(H2,17,19,22). The van der Waals surface area contributed by atoms with Crippen LogP contribution in [0.2, 0.25) is 5.02 Å². The molecule has 8 heteroatoms. The molecule has 2 rings (SSSR count). The summed E-state index contributed by atoms with van der Waals surface area (Å²) in [5.41, 5.74) is 0.914. The highest BCUT2D eigenvalue weighted by molar-refractivity contribution is 6.32. The first-order valence-electron chi connectivity index (χ1n) is 6.86. The van der Waals surface area contributed by atoms with Crippen molar-refractivity contribution in [1.29, 1.82) is 0 Å². The molecule has 0 fully saturated rings. The summed E-state index contributed by atoms with van der Waals surface area (Å²) in [5, 5.41) is 9.03. The van der Waals surface area contributed by atoms with Crippen LogP contribution in [-0.4, -0.2) is 41.7 Å². The predicted molar refractivity (Wildman–Crippen MR) is 87.8 cm³/mol. The van der Waals surface area contributed by atoms with Crippen LogP contribution in [-0.2, 0) is 11.3 Å². The highest BCUT2D eigenvalue weighted by Gasteiger charge is 2.07. The maximum atomic E-state index is 11.5. The fourth-order valence-corrected chi connectivity index (χ4v) is 1.88. The number of carbonyl (C=O) groups excluding carboxylic acids is 1. The summed E-state index contributed by atoms with van der Waals surface area (Å²) in [7, 11) is 3.34. The molecule has 23 heavy (non-hydrogen) atoms. The van der Waals surface area contributed by atoms with Crippen molar-refractivity contribution in [2.75, 3.05) is 26.0 Å². The van der Waals surface area contributed by atoms with E-state index in [-0.39, 0.29) is 17.5 Å². The number of nitrogens with one attached hydrogen (secondary N) is 2. The zero-order valence-electron chi connectivity index (χ0n) is 12.8. The first-order valence-corrected chi connectivity index (χ1v) is 7.24. The Labute approximate surface area is 138 Å². The van der Waals surface area contributed by atoms with Crippen LogP contribution in [0, 0.1) is 0 Å². The lowest BCUT2D eigenvalue weighted by atomic mass is 10.2. The molecule has 2 N–H and O–H groups in total. The molecule has 0 atom stereocenters. The Morgan fingerprint density at radius 1 is 1.43 bits per heavy atom. The monoisotopic (exact) mass is 336 g/mol. The number of benzene rings is 1. The SMILES string of the molecule is CN(C)C(=O)COc1cccc(CNc2cn[nH]c(=O)c2Cl)c1. The molecule has 0 saturated heterocycles. The molecular formula is C15H17ClN4O3. The van der Waals surface area contributed by atoms with Gasteiger partial charge in [-0.25, -0.2) is 5.10 Å². The van der Waals surface area contributed by atoms with Gasteiger partial charge in [0, 0.05) is 20.6 Å². The van der Waals surface area contributed by atoms with E-state index in [1.54, 1.807) is 20.2 Å². The lowest BCUT2D eigenvalue weighted by Crippen LogP contribution is -2.27. The Kier molecular flexibility index (Phi) is 5.59. The van der Waals surface area contributed by atoms with Crippen LogP contribution in [0.3, 0.4) is 0 Å². The first kappa shape index (κ1) is 16.8. The number of ether oxygens (including phenoxy) is 1. The Morgan fingerprint density at radius 3 is 2.96 bits per heavy atom. The smallest absolute Gasteiger partial charge is 0.285 e. The van der Waals surface area contributed by atoms with Crippen LogP contribution in [0.25, 0.3) is 0 Å². The van der Waals surface area contributed by atoms with E-state index in [2.05, 4.69) is 15.5 Å². The van der Waals surface area contributed by atoms with E-state index in [9.17, 15) is 9.59 Å². The number of aromatic nitrogens is 2. The topological polar surface area (TPSA) is 87.3 Å². The average Bonchev–Trinajstić information content (AvgIpc) is 2.54. The van der Waals surface area contributed by atoms with E-state index < -0.39 is 5.56 Å². The maximum Gasteiger partial charge on any atom is 0.285 e. The van der Waals surface area contributed by atoms with E-state index in [1.807, 2.05) is 18.2 Å². The van der Waals surface area contributed by atoms with E-state index >= 15 is 0 Å². The second-order valence-electron chi connectivity index (χ2n) is 5.00. The third-order valence-corrected chi connectivity index (χ3v) is 3.41. The van der Waals surface area contributed by atoms with E-state index in [1.165, 1.54) is 11.1 Å². The summed E-state index contributed by atoms with van der Waals surface area (Å²) in [6.07, 6.45) is 1.44. The molecule has 1 aromatic carbocycles. The van der Waals surface area contributed by atoms with E-state index in [0.29, 0.717) is 18.0 Å². The summed E-state index contributed by atoms with van der Waals surface area (Å²) in [6.45, 7) is 0.414. The van der Waals surface area contributed by atoms with Crippen LogP contribution >= 0.6 is 11.6 Å². The van der Waals surface area contributed by atoms with Crippen molar-refractivity contribution in [3.8, 4) is 5.75 Å². The number of nitrogens with zero attached hydrogens (tertiary/aromatic N) is 2. The molecule has 0 radical (unpaired) electrons. The van der Waals surface area contributed by atoms with Gasteiger partial charge >= 0.3 is 0 Å². The molecule has 0 spiro atoms. The molecule has 0 saturated carbocycles. The Bertz CT molecular complexity index is 745. The summed E-state index contributed by atoms with van der Waals surface area (Å²) >= 11 is 5.89. The molecule has 2 aromatic rings. The number of rotatable bonds is 6. The minimum Gasteiger partial charge on any atom is -0.484 e. The number of H-pyrrole nitrogens is 1. The minimum atomic E-state index is -0.448. The number of hydrogen-bond donors (Lipinski definition) is 2. The third-order valence-electron chi connectivity index (χ3n) is 3.04. The largest absolute Gasteiger partial charge is 0.484 e. The van der Waals surface area contributed by atoms with Gasteiger partial charge in [0.25, 0.3) is 11.5 Å². The quantitative estimate of drug-likeness (QED) is 0.834. The van der Waals surface area contributed by atoms with Crippen molar-refractivity contribution in [3.63, 3.8) is 0 Å². The molecule has 0 unspecified atom stereocenters. The first-order chi connectivity index (χ1) is 11.0.